The van der Waals surface area contributed by atoms with Gasteiger partial charge in [-0.05, 0) is 35.2 Å². The van der Waals surface area contributed by atoms with Gasteiger partial charge in [-0.15, -0.1) is 0 Å². The number of fused-ring (bicyclic) bond motifs is 1. The van der Waals surface area contributed by atoms with E-state index in [4.69, 9.17) is 5.73 Å². The van der Waals surface area contributed by atoms with Crippen LogP contribution in [0.4, 0.5) is 0 Å². The van der Waals surface area contributed by atoms with E-state index in [2.05, 4.69) is 29.6 Å². The van der Waals surface area contributed by atoms with Crippen LogP contribution in [0.25, 0.3) is 10.8 Å². The first-order valence-electron chi connectivity index (χ1n) is 8.83. The lowest BCUT2D eigenvalue weighted by Crippen LogP contribution is -2.46. The molecule has 1 heterocycles. The smallest absolute Gasteiger partial charge is 0.225 e. The van der Waals surface area contributed by atoms with Crippen molar-refractivity contribution < 1.29 is 9.59 Å². The van der Waals surface area contributed by atoms with Gasteiger partial charge in [0.25, 0.3) is 0 Å². The van der Waals surface area contributed by atoms with Crippen molar-refractivity contribution >= 4 is 22.6 Å². The van der Waals surface area contributed by atoms with Crippen LogP contribution in [0.2, 0.25) is 0 Å². The lowest BCUT2D eigenvalue weighted by molar-refractivity contribution is -0.134. The number of nitrogens with one attached hydrogen (secondary N) is 1. The molecule has 2 aromatic carbocycles. The number of carbonyl (C=O) groups is 2. The topological polar surface area (TPSA) is 75.4 Å². The molecule has 0 aliphatic carbocycles. The molecule has 2 amide bonds. The zero-order chi connectivity index (χ0) is 17.8. The van der Waals surface area contributed by atoms with Crippen molar-refractivity contribution in [1.82, 2.24) is 10.2 Å². The van der Waals surface area contributed by atoms with Crippen LogP contribution in [0.3, 0.4) is 0 Å². The SMILES string of the molecule is CC(=O)N1CCCC(C(=O)NC(CN)c2ccc3ccccc3c2)C1. The molecule has 25 heavy (non-hydrogen) atoms. The van der Waals surface area contributed by atoms with Gasteiger partial charge >= 0.3 is 0 Å². The number of nitrogens with two attached hydrogens (primary N) is 1. The van der Waals surface area contributed by atoms with Crippen molar-refractivity contribution in [2.24, 2.45) is 11.7 Å². The summed E-state index contributed by atoms with van der Waals surface area (Å²) in [4.78, 5) is 26.0. The molecule has 2 aromatic rings. The predicted molar refractivity (Wildman–Crippen MR) is 98.9 cm³/mol. The Morgan fingerprint density at radius 3 is 2.72 bits per heavy atom. The molecule has 0 aromatic heterocycles. The Labute approximate surface area is 148 Å². The van der Waals surface area contributed by atoms with Gasteiger partial charge in [-0.1, -0.05) is 36.4 Å². The van der Waals surface area contributed by atoms with Crippen LogP contribution < -0.4 is 11.1 Å². The fourth-order valence-corrected chi connectivity index (χ4v) is 3.47. The molecule has 3 N–H and O–H groups in total. The lowest BCUT2D eigenvalue weighted by Gasteiger charge is -2.32. The third-order valence-electron chi connectivity index (χ3n) is 4.97. The second-order valence-electron chi connectivity index (χ2n) is 6.71. The van der Waals surface area contributed by atoms with E-state index in [-0.39, 0.29) is 23.8 Å². The number of hydrogen-bond donors (Lipinski definition) is 2. The van der Waals surface area contributed by atoms with Gasteiger partial charge in [0.15, 0.2) is 0 Å². The summed E-state index contributed by atoms with van der Waals surface area (Å²) in [5.74, 6) is -0.149. The summed E-state index contributed by atoms with van der Waals surface area (Å²) in [5.41, 5.74) is 6.93. The minimum Gasteiger partial charge on any atom is -0.348 e. The summed E-state index contributed by atoms with van der Waals surface area (Å²) >= 11 is 0. The van der Waals surface area contributed by atoms with E-state index in [9.17, 15) is 9.59 Å². The van der Waals surface area contributed by atoms with Crippen molar-refractivity contribution in [1.29, 1.82) is 0 Å². The van der Waals surface area contributed by atoms with Crippen molar-refractivity contribution in [3.63, 3.8) is 0 Å². The number of carbonyl (C=O) groups excluding carboxylic acids is 2. The fourth-order valence-electron chi connectivity index (χ4n) is 3.47. The Balaban J connectivity index is 1.72. The monoisotopic (exact) mass is 339 g/mol. The van der Waals surface area contributed by atoms with Gasteiger partial charge in [-0.25, -0.2) is 0 Å². The maximum Gasteiger partial charge on any atom is 0.225 e. The van der Waals surface area contributed by atoms with Crippen LogP contribution in [0, 0.1) is 5.92 Å². The highest BCUT2D eigenvalue weighted by Gasteiger charge is 2.28. The van der Waals surface area contributed by atoms with E-state index in [1.54, 1.807) is 11.8 Å². The second-order valence-corrected chi connectivity index (χ2v) is 6.71. The third kappa shape index (κ3) is 3.99. The van der Waals surface area contributed by atoms with E-state index in [1.165, 1.54) is 0 Å². The number of nitrogens with zero attached hydrogens (tertiary/aromatic N) is 1. The molecule has 1 aliphatic heterocycles. The minimum atomic E-state index is -0.218. The molecule has 5 nitrogen and oxygen atoms in total. The molecule has 3 rings (SSSR count). The molecule has 0 spiro atoms. The number of rotatable bonds is 4. The van der Waals surface area contributed by atoms with Crippen molar-refractivity contribution in [3.8, 4) is 0 Å². The van der Waals surface area contributed by atoms with E-state index in [0.29, 0.717) is 13.1 Å². The summed E-state index contributed by atoms with van der Waals surface area (Å²) in [6.45, 7) is 3.13. The molecule has 2 unspecified atom stereocenters. The first-order valence-corrected chi connectivity index (χ1v) is 8.83. The summed E-state index contributed by atoms with van der Waals surface area (Å²) in [6.07, 6.45) is 1.67. The maximum atomic E-state index is 12.7. The van der Waals surface area contributed by atoms with Crippen LogP contribution >= 0.6 is 0 Å². The second kappa shape index (κ2) is 7.66. The number of hydrogen-bond acceptors (Lipinski definition) is 3. The molecular weight excluding hydrogens is 314 g/mol. The zero-order valence-corrected chi connectivity index (χ0v) is 14.6. The van der Waals surface area contributed by atoms with Crippen LogP contribution in [-0.2, 0) is 9.59 Å². The largest absolute Gasteiger partial charge is 0.348 e. The summed E-state index contributed by atoms with van der Waals surface area (Å²) in [5, 5.41) is 5.37. The normalized spacial score (nSPS) is 18.8. The lowest BCUT2D eigenvalue weighted by atomic mass is 9.95. The van der Waals surface area contributed by atoms with E-state index >= 15 is 0 Å². The highest BCUT2D eigenvalue weighted by atomic mass is 16.2. The molecular formula is C20H25N3O2. The van der Waals surface area contributed by atoms with E-state index in [1.807, 2.05) is 18.2 Å². The molecule has 1 aliphatic rings. The quantitative estimate of drug-likeness (QED) is 0.897. The van der Waals surface area contributed by atoms with Crippen molar-refractivity contribution in [3.05, 3.63) is 48.0 Å². The Morgan fingerprint density at radius 2 is 2.00 bits per heavy atom. The first-order chi connectivity index (χ1) is 12.1. The summed E-state index contributed by atoms with van der Waals surface area (Å²) < 4.78 is 0. The average Bonchev–Trinajstić information content (AvgIpc) is 2.65. The van der Waals surface area contributed by atoms with Gasteiger partial charge in [-0.2, -0.15) is 0 Å². The summed E-state index contributed by atoms with van der Waals surface area (Å²) in [7, 11) is 0. The van der Waals surface area contributed by atoms with Crippen molar-refractivity contribution in [2.45, 2.75) is 25.8 Å². The number of piperidine rings is 1. The predicted octanol–water partition coefficient (Wildman–Crippen LogP) is 2.21. The average molecular weight is 339 g/mol. The van der Waals surface area contributed by atoms with Gasteiger partial charge in [0, 0.05) is 26.6 Å². The number of likely N-dealkylation sites (tertiary alicyclic amines) is 1. The molecule has 0 saturated carbocycles. The van der Waals surface area contributed by atoms with Crippen LogP contribution in [0.15, 0.2) is 42.5 Å². The van der Waals surface area contributed by atoms with E-state index in [0.717, 1.165) is 35.7 Å². The highest BCUT2D eigenvalue weighted by molar-refractivity contribution is 5.84. The molecule has 132 valence electrons. The Bertz CT molecular complexity index is 774. The molecule has 1 fully saturated rings. The first kappa shape index (κ1) is 17.4. The van der Waals surface area contributed by atoms with E-state index < -0.39 is 0 Å². The Morgan fingerprint density at radius 1 is 1.24 bits per heavy atom. The molecule has 0 radical (unpaired) electrons. The molecule has 1 saturated heterocycles. The standard InChI is InChI=1S/C20H25N3O2/c1-14(24)23-10-4-7-18(13-23)20(25)22-19(12-21)17-9-8-15-5-2-3-6-16(15)11-17/h2-3,5-6,8-9,11,18-19H,4,7,10,12-13,21H2,1H3,(H,22,25). The van der Waals surface area contributed by atoms with Gasteiger partial charge in [-0.3, -0.25) is 9.59 Å². The number of benzene rings is 2. The van der Waals surface area contributed by atoms with Gasteiger partial charge in [0.05, 0.1) is 12.0 Å². The molecule has 5 heteroatoms. The van der Waals surface area contributed by atoms with Crippen LogP contribution in [-0.4, -0.2) is 36.3 Å². The fraction of sp³-hybridized carbons (Fsp3) is 0.400. The minimum absolute atomic E-state index is 0.0189. The molecule has 0 bridgehead atoms. The van der Waals surface area contributed by atoms with Crippen molar-refractivity contribution in [2.75, 3.05) is 19.6 Å². The molecule has 2 atom stereocenters. The van der Waals surface area contributed by atoms with Gasteiger partial charge < -0.3 is 16.0 Å². The highest BCUT2D eigenvalue weighted by Crippen LogP contribution is 2.22. The van der Waals surface area contributed by atoms with Crippen LogP contribution in [0.1, 0.15) is 31.4 Å². The van der Waals surface area contributed by atoms with Gasteiger partial charge in [0.2, 0.25) is 11.8 Å². The third-order valence-corrected chi connectivity index (χ3v) is 4.97. The summed E-state index contributed by atoms with van der Waals surface area (Å²) in [6, 6.07) is 14.1. The van der Waals surface area contributed by atoms with Gasteiger partial charge in [0.1, 0.15) is 0 Å². The maximum absolute atomic E-state index is 12.7. The Hall–Kier alpha value is -2.40. The Kier molecular flexibility index (Phi) is 5.34. The zero-order valence-electron chi connectivity index (χ0n) is 14.6. The number of amides is 2. The van der Waals surface area contributed by atoms with Crippen LogP contribution in [0.5, 0.6) is 0 Å².